The van der Waals surface area contributed by atoms with E-state index in [1.807, 2.05) is 24.3 Å². The van der Waals surface area contributed by atoms with Crippen LogP contribution in [-0.4, -0.2) is 35.3 Å². The number of hydrogen-bond donors (Lipinski definition) is 1. The lowest BCUT2D eigenvalue weighted by Gasteiger charge is -2.24. The standard InChI is InChI=1S/C20H22BrN3O2/c1-24-18(25)12-17(19(24)15-7-4-9-22-13-15)20(26)23-10-3-6-14-5-2-8-16(21)11-14/h2,4-5,7-9,11,13,17,19H,3,6,10,12H2,1H3,(H,23,26). The Balaban J connectivity index is 1.57. The minimum atomic E-state index is -0.373. The summed E-state index contributed by atoms with van der Waals surface area (Å²) in [5.74, 6) is -0.443. The first-order valence-electron chi connectivity index (χ1n) is 8.74. The van der Waals surface area contributed by atoms with Gasteiger partial charge < -0.3 is 10.2 Å². The monoisotopic (exact) mass is 415 g/mol. The van der Waals surface area contributed by atoms with E-state index in [0.717, 1.165) is 22.9 Å². The number of likely N-dealkylation sites (tertiary alicyclic amines) is 1. The van der Waals surface area contributed by atoms with Crippen molar-refractivity contribution in [3.05, 3.63) is 64.4 Å². The summed E-state index contributed by atoms with van der Waals surface area (Å²) in [6.45, 7) is 0.597. The average Bonchev–Trinajstić information content (AvgIpc) is 2.94. The first kappa shape index (κ1) is 18.6. The number of hydrogen-bond acceptors (Lipinski definition) is 3. The largest absolute Gasteiger partial charge is 0.356 e. The highest BCUT2D eigenvalue weighted by Crippen LogP contribution is 2.36. The maximum atomic E-state index is 12.7. The number of nitrogens with zero attached hydrogens (tertiary/aromatic N) is 2. The van der Waals surface area contributed by atoms with Gasteiger partial charge in [-0.1, -0.05) is 34.1 Å². The zero-order chi connectivity index (χ0) is 18.5. The molecule has 0 radical (unpaired) electrons. The summed E-state index contributed by atoms with van der Waals surface area (Å²) in [7, 11) is 1.75. The number of carbonyl (C=O) groups is 2. The van der Waals surface area contributed by atoms with Crippen LogP contribution in [0.1, 0.15) is 30.0 Å². The van der Waals surface area contributed by atoms with Crippen LogP contribution >= 0.6 is 15.9 Å². The van der Waals surface area contributed by atoms with Crippen LogP contribution in [0.2, 0.25) is 0 Å². The van der Waals surface area contributed by atoms with Crippen LogP contribution < -0.4 is 5.32 Å². The van der Waals surface area contributed by atoms with Crippen molar-refractivity contribution in [3.8, 4) is 0 Å². The Morgan fingerprint density at radius 1 is 1.35 bits per heavy atom. The summed E-state index contributed by atoms with van der Waals surface area (Å²) in [6, 6.07) is 11.7. The van der Waals surface area contributed by atoms with Crippen molar-refractivity contribution in [1.82, 2.24) is 15.2 Å². The quantitative estimate of drug-likeness (QED) is 0.737. The maximum Gasteiger partial charge on any atom is 0.226 e. The molecule has 2 heterocycles. The second kappa shape index (κ2) is 8.45. The lowest BCUT2D eigenvalue weighted by atomic mass is 9.94. The Hall–Kier alpha value is -2.21. The van der Waals surface area contributed by atoms with Gasteiger partial charge in [0.1, 0.15) is 0 Å². The topological polar surface area (TPSA) is 62.3 Å². The first-order chi connectivity index (χ1) is 12.6. The van der Waals surface area contributed by atoms with Crippen molar-refractivity contribution >= 4 is 27.7 Å². The van der Waals surface area contributed by atoms with Crippen LogP contribution in [0.5, 0.6) is 0 Å². The van der Waals surface area contributed by atoms with E-state index in [-0.39, 0.29) is 30.2 Å². The van der Waals surface area contributed by atoms with E-state index in [9.17, 15) is 9.59 Å². The lowest BCUT2D eigenvalue weighted by Crippen LogP contribution is -2.35. The third kappa shape index (κ3) is 4.30. The number of carbonyl (C=O) groups excluding carboxylic acids is 2. The maximum absolute atomic E-state index is 12.7. The van der Waals surface area contributed by atoms with Crippen LogP contribution in [0.4, 0.5) is 0 Å². The van der Waals surface area contributed by atoms with Gasteiger partial charge in [-0.3, -0.25) is 14.6 Å². The highest BCUT2D eigenvalue weighted by Gasteiger charge is 2.42. The molecular weight excluding hydrogens is 394 g/mol. The van der Waals surface area contributed by atoms with E-state index in [1.54, 1.807) is 24.3 Å². The van der Waals surface area contributed by atoms with Crippen molar-refractivity contribution in [2.75, 3.05) is 13.6 Å². The summed E-state index contributed by atoms with van der Waals surface area (Å²) >= 11 is 3.47. The number of amides is 2. The van der Waals surface area contributed by atoms with Crippen LogP contribution in [0.3, 0.4) is 0 Å². The number of aryl methyl sites for hydroxylation is 1. The molecule has 0 spiro atoms. The molecule has 1 aliphatic heterocycles. The molecule has 0 aliphatic carbocycles. The predicted octanol–water partition coefficient (Wildman–Crippen LogP) is 3.11. The van der Waals surface area contributed by atoms with Crippen molar-refractivity contribution in [3.63, 3.8) is 0 Å². The normalized spacial score (nSPS) is 19.6. The first-order valence-corrected chi connectivity index (χ1v) is 9.53. The van der Waals surface area contributed by atoms with Crippen LogP contribution in [0.25, 0.3) is 0 Å². The van der Waals surface area contributed by atoms with Gasteiger partial charge in [-0.05, 0) is 42.2 Å². The molecule has 6 heteroatoms. The minimum Gasteiger partial charge on any atom is -0.356 e. The van der Waals surface area contributed by atoms with Crippen LogP contribution in [-0.2, 0) is 16.0 Å². The molecule has 1 fully saturated rings. The predicted molar refractivity (Wildman–Crippen MR) is 103 cm³/mol. The van der Waals surface area contributed by atoms with E-state index in [0.29, 0.717) is 6.54 Å². The molecule has 2 atom stereocenters. The van der Waals surface area contributed by atoms with Gasteiger partial charge in [-0.15, -0.1) is 0 Å². The van der Waals surface area contributed by atoms with Gasteiger partial charge >= 0.3 is 0 Å². The fourth-order valence-corrected chi connectivity index (χ4v) is 3.89. The summed E-state index contributed by atoms with van der Waals surface area (Å²) in [5, 5.41) is 3.00. The molecule has 0 bridgehead atoms. The van der Waals surface area contributed by atoms with Gasteiger partial charge in [-0.2, -0.15) is 0 Å². The Morgan fingerprint density at radius 2 is 2.19 bits per heavy atom. The van der Waals surface area contributed by atoms with Crippen molar-refractivity contribution in [1.29, 1.82) is 0 Å². The molecule has 136 valence electrons. The van der Waals surface area contributed by atoms with Gasteiger partial charge in [0.25, 0.3) is 0 Å². The third-order valence-corrected chi connectivity index (χ3v) is 5.27. The van der Waals surface area contributed by atoms with Gasteiger partial charge in [-0.25, -0.2) is 0 Å². The number of aromatic nitrogens is 1. The van der Waals surface area contributed by atoms with E-state index in [4.69, 9.17) is 0 Å². The molecule has 1 saturated heterocycles. The molecule has 26 heavy (non-hydrogen) atoms. The molecule has 2 unspecified atom stereocenters. The van der Waals surface area contributed by atoms with Crippen molar-refractivity contribution < 1.29 is 9.59 Å². The third-order valence-electron chi connectivity index (χ3n) is 4.78. The van der Waals surface area contributed by atoms with E-state index >= 15 is 0 Å². The van der Waals surface area contributed by atoms with Gasteiger partial charge in [0.05, 0.1) is 12.0 Å². The smallest absolute Gasteiger partial charge is 0.226 e. The van der Waals surface area contributed by atoms with Gasteiger partial charge in [0, 0.05) is 36.9 Å². The number of halogens is 1. The van der Waals surface area contributed by atoms with Crippen LogP contribution in [0, 0.1) is 5.92 Å². The molecule has 2 aromatic rings. The molecular formula is C20H22BrN3O2. The Bertz CT molecular complexity index is 782. The number of benzene rings is 1. The molecule has 3 rings (SSSR count). The Kier molecular flexibility index (Phi) is 6.04. The lowest BCUT2D eigenvalue weighted by molar-refractivity contribution is -0.128. The molecule has 0 saturated carbocycles. The molecule has 5 nitrogen and oxygen atoms in total. The summed E-state index contributed by atoms with van der Waals surface area (Å²) in [4.78, 5) is 30.6. The van der Waals surface area contributed by atoms with Crippen molar-refractivity contribution in [2.45, 2.75) is 25.3 Å². The molecule has 2 amide bonds. The Labute approximate surface area is 161 Å². The van der Waals surface area contributed by atoms with E-state index in [2.05, 4.69) is 38.4 Å². The number of nitrogens with one attached hydrogen (secondary N) is 1. The van der Waals surface area contributed by atoms with Crippen molar-refractivity contribution in [2.24, 2.45) is 5.92 Å². The summed E-state index contributed by atoms with van der Waals surface area (Å²) in [5.41, 5.74) is 2.13. The minimum absolute atomic E-state index is 0.00635. The summed E-state index contributed by atoms with van der Waals surface area (Å²) in [6.07, 6.45) is 5.42. The van der Waals surface area contributed by atoms with Gasteiger partial charge in [0.15, 0.2) is 0 Å². The fourth-order valence-electron chi connectivity index (χ4n) is 3.44. The molecule has 1 aromatic heterocycles. The zero-order valence-corrected chi connectivity index (χ0v) is 16.3. The second-order valence-electron chi connectivity index (χ2n) is 6.57. The molecule has 1 aromatic carbocycles. The molecule has 1 N–H and O–H groups in total. The summed E-state index contributed by atoms with van der Waals surface area (Å²) < 4.78 is 1.06. The van der Waals surface area contributed by atoms with Crippen LogP contribution in [0.15, 0.2) is 53.3 Å². The van der Waals surface area contributed by atoms with E-state index in [1.165, 1.54) is 5.56 Å². The SMILES string of the molecule is CN1C(=O)CC(C(=O)NCCCc2cccc(Br)c2)C1c1cccnc1. The highest BCUT2D eigenvalue weighted by molar-refractivity contribution is 9.10. The molecule has 1 aliphatic rings. The second-order valence-corrected chi connectivity index (χ2v) is 7.49. The van der Waals surface area contributed by atoms with E-state index < -0.39 is 0 Å². The van der Waals surface area contributed by atoms with Gasteiger partial charge in [0.2, 0.25) is 11.8 Å². The highest BCUT2D eigenvalue weighted by atomic mass is 79.9. The number of rotatable bonds is 6. The fraction of sp³-hybridized carbons (Fsp3) is 0.350. The average molecular weight is 416 g/mol. The Morgan fingerprint density at radius 3 is 2.92 bits per heavy atom. The zero-order valence-electron chi connectivity index (χ0n) is 14.7. The number of pyridine rings is 1.